The highest BCUT2D eigenvalue weighted by atomic mass is 16.5. The van der Waals surface area contributed by atoms with Gasteiger partial charge in [0.05, 0.1) is 18.7 Å². The number of phenols is 1. The summed E-state index contributed by atoms with van der Waals surface area (Å²) in [5.41, 5.74) is 2.95. The molecule has 3 aliphatic carbocycles. The lowest BCUT2D eigenvalue weighted by Crippen LogP contribution is -2.65. The van der Waals surface area contributed by atoms with Gasteiger partial charge < -0.3 is 40.7 Å². The topological polar surface area (TPSA) is 177 Å². The van der Waals surface area contributed by atoms with Gasteiger partial charge in [0.1, 0.15) is 28.6 Å². The quantitative estimate of drug-likeness (QED) is 0.269. The van der Waals surface area contributed by atoms with Crippen LogP contribution >= 0.6 is 0 Å². The maximum absolute atomic E-state index is 14.0. The largest absolute Gasteiger partial charge is 0.508 e. The van der Waals surface area contributed by atoms with Gasteiger partial charge in [0.15, 0.2) is 11.4 Å². The Hall–Kier alpha value is -3.45. The maximum Gasteiger partial charge on any atom is 0.255 e. The Bertz CT molecular complexity index is 1400. The van der Waals surface area contributed by atoms with Crippen molar-refractivity contribution in [2.24, 2.45) is 17.6 Å². The van der Waals surface area contributed by atoms with E-state index in [1.807, 2.05) is 7.05 Å². The number of likely N-dealkylation sites (N-methyl/N-ethyl adjacent to an activating group) is 2. The first kappa shape index (κ1) is 30.0. The van der Waals surface area contributed by atoms with Crippen molar-refractivity contribution < 1.29 is 39.5 Å². The molecular formula is C30H40N4O8. The van der Waals surface area contributed by atoms with Gasteiger partial charge in [-0.15, -0.1) is 0 Å². The summed E-state index contributed by atoms with van der Waals surface area (Å²) < 4.78 is 5.82. The van der Waals surface area contributed by atoms with E-state index >= 15 is 0 Å². The first-order chi connectivity index (χ1) is 19.8. The van der Waals surface area contributed by atoms with Crippen molar-refractivity contribution in [2.45, 2.75) is 43.9 Å². The fourth-order valence-electron chi connectivity index (χ4n) is 7.42. The molecule has 1 saturated heterocycles. The number of Topliss-reactive ketones (excluding diaryl/α,β-unsaturated/α-hetero) is 2. The van der Waals surface area contributed by atoms with Crippen molar-refractivity contribution >= 4 is 23.2 Å². The van der Waals surface area contributed by atoms with E-state index in [0.717, 1.165) is 31.7 Å². The van der Waals surface area contributed by atoms with Crippen molar-refractivity contribution in [3.63, 3.8) is 0 Å². The summed E-state index contributed by atoms with van der Waals surface area (Å²) in [7, 11) is 6.64. The number of aliphatic hydroxyl groups is 3. The monoisotopic (exact) mass is 584 g/mol. The molecule has 0 bridgehead atoms. The maximum atomic E-state index is 14.0. The Morgan fingerprint density at radius 2 is 1.83 bits per heavy atom. The number of hydrogen-bond donors (Lipinski definition) is 5. The van der Waals surface area contributed by atoms with Crippen LogP contribution in [0.3, 0.4) is 0 Å². The number of rotatable bonds is 8. The number of nitrogens with zero attached hydrogens (tertiary/aromatic N) is 3. The molecule has 12 nitrogen and oxygen atoms in total. The zero-order valence-corrected chi connectivity index (χ0v) is 24.5. The van der Waals surface area contributed by atoms with E-state index in [0.29, 0.717) is 17.9 Å². The first-order valence-corrected chi connectivity index (χ1v) is 14.3. The molecule has 1 heterocycles. The molecule has 4 aliphatic rings. The Balaban J connectivity index is 1.56. The third-order valence-corrected chi connectivity index (χ3v) is 9.39. The molecule has 1 amide bonds. The zero-order chi connectivity index (χ0) is 30.7. The second-order valence-electron chi connectivity index (χ2n) is 12.2. The van der Waals surface area contributed by atoms with Crippen LogP contribution in [0.25, 0.3) is 5.76 Å². The highest BCUT2D eigenvalue weighted by Gasteiger charge is 2.64. The predicted molar refractivity (Wildman–Crippen MR) is 153 cm³/mol. The number of aromatic hydroxyl groups is 1. The molecule has 0 radical (unpaired) electrons. The predicted octanol–water partition coefficient (Wildman–Crippen LogP) is 0.500. The van der Waals surface area contributed by atoms with Crippen LogP contribution in [-0.4, -0.2) is 119 Å². The summed E-state index contributed by atoms with van der Waals surface area (Å²) in [5, 5.41) is 45.3. The van der Waals surface area contributed by atoms with Crippen LogP contribution in [0.1, 0.15) is 36.0 Å². The number of phenolic OH excluding ortho intramolecular Hbond substituents is 1. The van der Waals surface area contributed by atoms with Crippen LogP contribution in [-0.2, 0) is 27.3 Å². The summed E-state index contributed by atoms with van der Waals surface area (Å²) in [5.74, 6) is -6.27. The molecule has 42 heavy (non-hydrogen) atoms. The number of benzene rings is 1. The summed E-state index contributed by atoms with van der Waals surface area (Å²) in [6.07, 6.45) is 2.62. The minimum absolute atomic E-state index is 0.0200. The lowest BCUT2D eigenvalue weighted by Gasteiger charge is -2.50. The number of methoxy groups -OCH3 is 1. The molecule has 1 aromatic carbocycles. The van der Waals surface area contributed by atoms with Crippen LogP contribution in [0, 0.1) is 11.8 Å². The number of fused-ring (bicyclic) bond motifs is 3. The molecule has 1 aliphatic heterocycles. The molecule has 2 fully saturated rings. The zero-order valence-electron chi connectivity index (χ0n) is 24.5. The van der Waals surface area contributed by atoms with Gasteiger partial charge in [0.2, 0.25) is 5.78 Å². The minimum atomic E-state index is -2.66. The Morgan fingerprint density at radius 3 is 2.43 bits per heavy atom. The Kier molecular flexibility index (Phi) is 7.86. The third-order valence-electron chi connectivity index (χ3n) is 9.39. The Labute approximate surface area is 244 Å². The highest BCUT2D eigenvalue weighted by Crippen LogP contribution is 2.54. The highest BCUT2D eigenvalue weighted by molar-refractivity contribution is 6.24. The van der Waals surface area contributed by atoms with E-state index in [1.54, 1.807) is 14.1 Å². The summed E-state index contributed by atoms with van der Waals surface area (Å²) in [6.45, 7) is 4.42. The van der Waals surface area contributed by atoms with Crippen LogP contribution in [0.5, 0.6) is 11.5 Å². The van der Waals surface area contributed by atoms with E-state index < -0.39 is 58.0 Å². The van der Waals surface area contributed by atoms with Crippen LogP contribution < -0.4 is 10.5 Å². The standard InChI is InChI=1S/C30H40N4O8/c1-32(2)23-18-12-15-11-17-21(24(36)20(15)27(38)30(18,41)28(39)22(25(23)37)29(31)40)19(35)13-16(26(17)42-4)14-33(3)9-10-34-7-5-6-8-34/h13,15,18,23,35-36,39,41H,5-12,14H2,1-4H3,(H2,31,40)/t15-,18-,23-,30-/m0/s1. The van der Waals surface area contributed by atoms with Crippen LogP contribution in [0.4, 0.5) is 0 Å². The Morgan fingerprint density at radius 1 is 1.17 bits per heavy atom. The summed E-state index contributed by atoms with van der Waals surface area (Å²) in [6, 6.07) is 0.379. The number of ether oxygens (including phenoxy) is 1. The average Bonchev–Trinajstić information content (AvgIpc) is 3.43. The molecule has 0 unspecified atom stereocenters. The second-order valence-corrected chi connectivity index (χ2v) is 12.2. The molecule has 12 heteroatoms. The van der Waals surface area contributed by atoms with E-state index in [-0.39, 0.29) is 29.7 Å². The summed E-state index contributed by atoms with van der Waals surface area (Å²) in [4.78, 5) is 45.4. The average molecular weight is 585 g/mol. The number of amides is 1. The molecule has 0 spiro atoms. The van der Waals surface area contributed by atoms with Crippen LogP contribution in [0.15, 0.2) is 23.0 Å². The van der Waals surface area contributed by atoms with Gasteiger partial charge in [-0.2, -0.15) is 0 Å². The van der Waals surface area contributed by atoms with Gasteiger partial charge >= 0.3 is 0 Å². The van der Waals surface area contributed by atoms with E-state index in [2.05, 4.69) is 9.80 Å². The van der Waals surface area contributed by atoms with Crippen molar-refractivity contribution in [1.29, 1.82) is 0 Å². The lowest BCUT2D eigenvalue weighted by atomic mass is 9.57. The number of hydrogen-bond acceptors (Lipinski definition) is 11. The first-order valence-electron chi connectivity index (χ1n) is 14.3. The van der Waals surface area contributed by atoms with Gasteiger partial charge in [-0.3, -0.25) is 19.3 Å². The second kappa shape index (κ2) is 11.0. The number of aliphatic hydroxyl groups excluding tert-OH is 2. The van der Waals surface area contributed by atoms with E-state index in [4.69, 9.17) is 10.5 Å². The van der Waals surface area contributed by atoms with Gasteiger partial charge in [-0.1, -0.05) is 0 Å². The minimum Gasteiger partial charge on any atom is -0.508 e. The molecule has 228 valence electrons. The molecule has 6 N–H and O–H groups in total. The number of nitrogens with two attached hydrogens (primary N) is 1. The molecule has 0 aromatic heterocycles. The number of carbonyl (C=O) groups excluding carboxylic acids is 3. The van der Waals surface area contributed by atoms with Crippen molar-refractivity contribution in [1.82, 2.24) is 14.7 Å². The van der Waals surface area contributed by atoms with E-state index in [1.165, 1.54) is 30.9 Å². The SMILES string of the molecule is COc1c(CN(C)CCN2CCCC2)cc(O)c2c1C[C@H]1C[C@H]3[C@H](N(C)C)C(=O)C(C(N)=O)=C(O)[C@@]3(O)C(=O)C1=C2O. The number of primary amides is 1. The molecular weight excluding hydrogens is 544 g/mol. The van der Waals surface area contributed by atoms with Crippen LogP contribution in [0.2, 0.25) is 0 Å². The normalized spacial score (nSPS) is 27.9. The fourth-order valence-corrected chi connectivity index (χ4v) is 7.42. The van der Waals surface area contributed by atoms with Gasteiger partial charge in [0, 0.05) is 42.3 Å². The smallest absolute Gasteiger partial charge is 0.255 e. The van der Waals surface area contributed by atoms with Gasteiger partial charge in [-0.05, 0) is 71.9 Å². The molecule has 1 aromatic rings. The molecule has 5 rings (SSSR count). The molecule has 4 atom stereocenters. The van der Waals surface area contributed by atoms with Crippen molar-refractivity contribution in [2.75, 3.05) is 54.4 Å². The van der Waals surface area contributed by atoms with Crippen molar-refractivity contribution in [3.8, 4) is 11.5 Å². The summed E-state index contributed by atoms with van der Waals surface area (Å²) >= 11 is 0. The lowest BCUT2D eigenvalue weighted by molar-refractivity contribution is -0.153. The van der Waals surface area contributed by atoms with Gasteiger partial charge in [0.25, 0.3) is 5.91 Å². The fraction of sp³-hybridized carbons (Fsp3) is 0.567. The number of carbonyl (C=O) groups is 3. The third kappa shape index (κ3) is 4.57. The number of likely N-dealkylation sites (tertiary alicyclic amines) is 1. The van der Waals surface area contributed by atoms with E-state index in [9.17, 15) is 34.8 Å². The molecule has 1 saturated carbocycles. The van der Waals surface area contributed by atoms with Gasteiger partial charge in [-0.25, -0.2) is 0 Å². The van der Waals surface area contributed by atoms with Crippen molar-refractivity contribution in [3.05, 3.63) is 39.7 Å². The number of ketones is 2.